The van der Waals surface area contributed by atoms with Gasteiger partial charge in [0.15, 0.2) is 11.5 Å². The molecule has 0 aliphatic rings. The van der Waals surface area contributed by atoms with Gasteiger partial charge in [0.05, 0.1) is 18.7 Å². The van der Waals surface area contributed by atoms with Gasteiger partial charge in [0.2, 0.25) is 0 Å². The van der Waals surface area contributed by atoms with Gasteiger partial charge < -0.3 is 19.5 Å². The first-order valence-corrected chi connectivity index (χ1v) is 7.26. The van der Waals surface area contributed by atoms with Gasteiger partial charge in [0.1, 0.15) is 0 Å². The molecular weight excluding hydrogens is 310 g/mol. The van der Waals surface area contributed by atoms with Crippen molar-refractivity contribution < 1.29 is 24.2 Å². The van der Waals surface area contributed by atoms with E-state index in [1.165, 1.54) is 18.1 Å². The van der Waals surface area contributed by atoms with Crippen molar-refractivity contribution in [1.82, 2.24) is 4.90 Å². The summed E-state index contributed by atoms with van der Waals surface area (Å²) in [4.78, 5) is 24.3. The van der Waals surface area contributed by atoms with Crippen LogP contribution in [0.4, 0.5) is 0 Å². The van der Waals surface area contributed by atoms with Gasteiger partial charge in [-0.3, -0.25) is 9.59 Å². The van der Waals surface area contributed by atoms with E-state index >= 15 is 0 Å². The predicted molar refractivity (Wildman–Crippen MR) is 83.0 cm³/mol. The first-order valence-electron chi connectivity index (χ1n) is 6.88. The number of nitrogens with zero attached hydrogens (tertiary/aromatic N) is 1. The summed E-state index contributed by atoms with van der Waals surface area (Å²) < 4.78 is 10.6. The summed E-state index contributed by atoms with van der Waals surface area (Å²) in [5.74, 6) is -0.353. The van der Waals surface area contributed by atoms with Gasteiger partial charge in [0.25, 0.3) is 5.91 Å². The van der Waals surface area contributed by atoms with Crippen molar-refractivity contribution in [3.05, 3.63) is 22.7 Å². The van der Waals surface area contributed by atoms with Crippen molar-refractivity contribution in [2.45, 2.75) is 19.8 Å². The molecule has 0 heterocycles. The third-order valence-corrected chi connectivity index (χ3v) is 3.28. The minimum atomic E-state index is -0.883. The van der Waals surface area contributed by atoms with Gasteiger partial charge in [-0.15, -0.1) is 0 Å². The molecule has 0 atom stereocenters. The molecule has 7 heteroatoms. The Morgan fingerprint density at radius 3 is 2.59 bits per heavy atom. The highest BCUT2D eigenvalue weighted by Crippen LogP contribution is 2.36. The molecule has 0 fully saturated rings. The summed E-state index contributed by atoms with van der Waals surface area (Å²) in [6.07, 6.45) is 0.407. The number of benzene rings is 1. The molecule has 1 aromatic rings. The number of ether oxygens (including phenoxy) is 2. The fourth-order valence-electron chi connectivity index (χ4n) is 1.92. The third kappa shape index (κ3) is 4.80. The van der Waals surface area contributed by atoms with Crippen molar-refractivity contribution in [3.63, 3.8) is 0 Å². The van der Waals surface area contributed by atoms with E-state index in [1.54, 1.807) is 13.1 Å². The van der Waals surface area contributed by atoms with Crippen LogP contribution in [-0.2, 0) is 4.79 Å². The Morgan fingerprint density at radius 1 is 1.36 bits per heavy atom. The molecule has 22 heavy (non-hydrogen) atoms. The second-order valence-corrected chi connectivity index (χ2v) is 5.05. The fraction of sp³-hybridized carbons (Fsp3) is 0.467. The number of hydrogen-bond acceptors (Lipinski definition) is 4. The molecule has 0 saturated heterocycles. The van der Waals surface area contributed by atoms with Gasteiger partial charge in [-0.2, -0.15) is 0 Å². The number of carbonyl (C=O) groups is 2. The van der Waals surface area contributed by atoms with Crippen LogP contribution in [0.3, 0.4) is 0 Å². The van der Waals surface area contributed by atoms with Crippen LogP contribution in [0.2, 0.25) is 5.02 Å². The number of methoxy groups -OCH3 is 1. The van der Waals surface area contributed by atoms with Gasteiger partial charge in [-0.25, -0.2) is 0 Å². The number of carboxylic acids is 1. The number of amides is 1. The number of halogens is 1. The maximum absolute atomic E-state index is 12.3. The quantitative estimate of drug-likeness (QED) is 0.793. The number of carbonyl (C=O) groups excluding carboxylic acids is 1. The van der Waals surface area contributed by atoms with E-state index in [1.807, 2.05) is 6.92 Å². The maximum Gasteiger partial charge on any atom is 0.303 e. The Bertz CT molecular complexity index is 547. The lowest BCUT2D eigenvalue weighted by Crippen LogP contribution is -2.28. The van der Waals surface area contributed by atoms with Crippen molar-refractivity contribution in [2.75, 3.05) is 27.3 Å². The highest BCUT2D eigenvalue weighted by molar-refractivity contribution is 6.32. The summed E-state index contributed by atoms with van der Waals surface area (Å²) in [5, 5.41) is 8.91. The van der Waals surface area contributed by atoms with Crippen molar-refractivity contribution in [2.24, 2.45) is 0 Å². The molecule has 1 amide bonds. The molecule has 0 spiro atoms. The van der Waals surface area contributed by atoms with E-state index in [0.717, 1.165) is 0 Å². The zero-order chi connectivity index (χ0) is 16.7. The number of rotatable bonds is 8. The Labute approximate surface area is 134 Å². The lowest BCUT2D eigenvalue weighted by atomic mass is 10.1. The molecule has 0 bridgehead atoms. The molecule has 0 aliphatic heterocycles. The number of hydrogen-bond donors (Lipinski definition) is 1. The van der Waals surface area contributed by atoms with E-state index in [2.05, 4.69) is 0 Å². The van der Waals surface area contributed by atoms with E-state index < -0.39 is 5.97 Å². The zero-order valence-corrected chi connectivity index (χ0v) is 13.6. The van der Waals surface area contributed by atoms with Crippen molar-refractivity contribution >= 4 is 23.5 Å². The van der Waals surface area contributed by atoms with E-state index in [9.17, 15) is 9.59 Å². The summed E-state index contributed by atoms with van der Waals surface area (Å²) >= 11 is 6.13. The number of carboxylic acid groups (broad SMARTS) is 1. The van der Waals surface area contributed by atoms with E-state index in [4.69, 9.17) is 26.2 Å². The first kappa shape index (κ1) is 18.1. The minimum absolute atomic E-state index is 0.0188. The normalized spacial score (nSPS) is 10.2. The highest BCUT2D eigenvalue weighted by atomic mass is 35.5. The topological polar surface area (TPSA) is 76.1 Å². The van der Waals surface area contributed by atoms with Crippen LogP contribution >= 0.6 is 11.6 Å². The third-order valence-electron chi connectivity index (χ3n) is 3.00. The predicted octanol–water partition coefficient (Wildman–Crippen LogP) is 2.68. The lowest BCUT2D eigenvalue weighted by Gasteiger charge is -2.18. The van der Waals surface area contributed by atoms with Gasteiger partial charge >= 0.3 is 5.97 Å². The Kier molecular flexibility index (Phi) is 6.98. The van der Waals surface area contributed by atoms with Gasteiger partial charge in [0, 0.05) is 25.6 Å². The fourth-order valence-corrected chi connectivity index (χ4v) is 2.18. The van der Waals surface area contributed by atoms with Crippen LogP contribution in [0, 0.1) is 0 Å². The summed E-state index contributed by atoms with van der Waals surface area (Å²) in [6, 6.07) is 3.08. The summed E-state index contributed by atoms with van der Waals surface area (Å²) in [5.41, 5.74) is 0.364. The Morgan fingerprint density at radius 2 is 2.05 bits per heavy atom. The van der Waals surface area contributed by atoms with Crippen molar-refractivity contribution in [3.8, 4) is 11.5 Å². The average Bonchev–Trinajstić information content (AvgIpc) is 2.47. The maximum atomic E-state index is 12.3. The van der Waals surface area contributed by atoms with Crippen molar-refractivity contribution in [1.29, 1.82) is 0 Å². The van der Waals surface area contributed by atoms with Crippen LogP contribution in [-0.4, -0.2) is 49.2 Å². The van der Waals surface area contributed by atoms with Gasteiger partial charge in [-0.05, 0) is 25.5 Å². The Hall–Kier alpha value is -1.95. The molecule has 0 unspecified atom stereocenters. The molecule has 6 nitrogen and oxygen atoms in total. The van der Waals surface area contributed by atoms with Crippen LogP contribution in [0.25, 0.3) is 0 Å². The van der Waals surface area contributed by atoms with Crippen LogP contribution in [0.5, 0.6) is 11.5 Å². The van der Waals surface area contributed by atoms with Crippen LogP contribution in [0.1, 0.15) is 30.1 Å². The summed E-state index contributed by atoms with van der Waals surface area (Å²) in [7, 11) is 3.08. The lowest BCUT2D eigenvalue weighted by molar-refractivity contribution is -0.137. The first-order chi connectivity index (χ1) is 10.4. The van der Waals surface area contributed by atoms with Crippen LogP contribution < -0.4 is 9.47 Å². The molecular formula is C15H20ClNO5. The largest absolute Gasteiger partial charge is 0.493 e. The zero-order valence-electron chi connectivity index (χ0n) is 12.9. The average molecular weight is 330 g/mol. The SMILES string of the molecule is CCOc1c(Cl)cc(C(=O)N(C)CCCC(=O)O)cc1OC. The standard InChI is InChI=1S/C15H20ClNO5/c1-4-22-14-11(16)8-10(9-12(14)21-3)15(20)17(2)7-5-6-13(18)19/h8-9H,4-7H2,1-3H3,(H,18,19). The van der Waals surface area contributed by atoms with E-state index in [-0.39, 0.29) is 12.3 Å². The van der Waals surface area contributed by atoms with Crippen LogP contribution in [0.15, 0.2) is 12.1 Å². The Balaban J connectivity index is 2.89. The molecule has 1 aromatic carbocycles. The number of aliphatic carboxylic acids is 1. The molecule has 0 aromatic heterocycles. The highest BCUT2D eigenvalue weighted by Gasteiger charge is 2.18. The monoisotopic (exact) mass is 329 g/mol. The second-order valence-electron chi connectivity index (χ2n) is 4.65. The minimum Gasteiger partial charge on any atom is -0.493 e. The molecule has 0 radical (unpaired) electrons. The molecule has 0 saturated carbocycles. The molecule has 0 aliphatic carbocycles. The molecule has 1 rings (SSSR count). The second kappa shape index (κ2) is 8.48. The molecule has 1 N–H and O–H groups in total. The summed E-state index contributed by atoms with van der Waals surface area (Å²) in [6.45, 7) is 2.60. The molecule has 122 valence electrons. The van der Waals surface area contributed by atoms with E-state index in [0.29, 0.717) is 41.7 Å². The van der Waals surface area contributed by atoms with Gasteiger partial charge in [-0.1, -0.05) is 11.6 Å². The smallest absolute Gasteiger partial charge is 0.303 e.